The van der Waals surface area contributed by atoms with E-state index in [1.54, 1.807) is 25.1 Å². The molecule has 6 rings (SSSR count). The molecule has 0 aliphatic heterocycles. The van der Waals surface area contributed by atoms with Gasteiger partial charge in [-0.15, -0.1) is 0 Å². The molecule has 4 bridgehead atoms. The summed E-state index contributed by atoms with van der Waals surface area (Å²) >= 11 is 12.8. The van der Waals surface area contributed by atoms with Crippen LogP contribution in [0.3, 0.4) is 0 Å². The molecule has 0 aromatic heterocycles. The highest BCUT2D eigenvalue weighted by atomic mass is 35.5. The van der Waals surface area contributed by atoms with E-state index in [1.165, 1.54) is 49.0 Å². The van der Waals surface area contributed by atoms with Gasteiger partial charge in [-0.1, -0.05) is 41.4 Å². The van der Waals surface area contributed by atoms with Crippen LogP contribution >= 0.6 is 23.2 Å². The lowest BCUT2D eigenvalue weighted by Crippen LogP contribution is -2.52. The molecule has 4 fully saturated rings. The summed E-state index contributed by atoms with van der Waals surface area (Å²) in [5.74, 6) is 1.51. The number of nitrogens with one attached hydrogen (secondary N) is 1. The van der Waals surface area contributed by atoms with Crippen molar-refractivity contribution >= 4 is 50.7 Å². The fourth-order valence-electron chi connectivity index (χ4n) is 7.90. The Labute approximate surface area is 260 Å². The van der Waals surface area contributed by atoms with Crippen LogP contribution in [0.4, 0.5) is 5.69 Å². The summed E-state index contributed by atoms with van der Waals surface area (Å²) < 4.78 is 27.2. The van der Waals surface area contributed by atoms with Crippen LogP contribution < -0.4 is 9.62 Å². The molecule has 2 aromatic rings. The largest absolute Gasteiger partial charge is 0.352 e. The third kappa shape index (κ3) is 6.46. The van der Waals surface area contributed by atoms with Gasteiger partial charge >= 0.3 is 0 Å². The van der Waals surface area contributed by atoms with Crippen molar-refractivity contribution in [1.29, 1.82) is 0 Å². The average Bonchev–Trinajstić information content (AvgIpc) is 2.89. The number of halogens is 2. The SMILES string of the molecule is CC(C)NC(=O)C(C)N(Cc1c(Cl)cccc1Cl)C(=O)CN(c1ccc(C23CC4CC(CC(C4)C2)C3)cc1)S(C)(=O)=O. The number of hydrogen-bond acceptors (Lipinski definition) is 4. The van der Waals surface area contributed by atoms with E-state index in [2.05, 4.69) is 17.4 Å². The maximum absolute atomic E-state index is 13.9. The Kier molecular flexibility index (Phi) is 8.90. The van der Waals surface area contributed by atoms with E-state index < -0.39 is 28.5 Å². The molecule has 0 spiro atoms. The second-order valence-corrected chi connectivity index (χ2v) is 15.8. The molecule has 1 unspecified atom stereocenters. The molecule has 4 aliphatic carbocycles. The van der Waals surface area contributed by atoms with Crippen LogP contribution in [0.2, 0.25) is 10.0 Å². The van der Waals surface area contributed by atoms with Crippen LogP contribution in [0.25, 0.3) is 0 Å². The molecular formula is C32H41Cl2N3O4S. The lowest BCUT2D eigenvalue weighted by molar-refractivity contribution is -0.139. The summed E-state index contributed by atoms with van der Waals surface area (Å²) in [6.07, 6.45) is 8.78. The highest BCUT2D eigenvalue weighted by Gasteiger charge is 2.51. The molecule has 1 N–H and O–H groups in total. The first-order chi connectivity index (χ1) is 19.8. The zero-order chi connectivity index (χ0) is 30.4. The van der Waals surface area contributed by atoms with Gasteiger partial charge in [-0.2, -0.15) is 0 Å². The second kappa shape index (κ2) is 12.0. The minimum Gasteiger partial charge on any atom is -0.352 e. The zero-order valence-electron chi connectivity index (χ0n) is 24.8. The highest BCUT2D eigenvalue weighted by molar-refractivity contribution is 7.92. The van der Waals surface area contributed by atoms with Gasteiger partial charge in [-0.25, -0.2) is 8.42 Å². The van der Waals surface area contributed by atoms with Gasteiger partial charge in [-0.05, 0) is 112 Å². The predicted molar refractivity (Wildman–Crippen MR) is 168 cm³/mol. The number of hydrogen-bond donors (Lipinski definition) is 1. The number of sulfonamides is 1. The molecule has 42 heavy (non-hydrogen) atoms. The first kappa shape index (κ1) is 31.1. The number of anilines is 1. The Morgan fingerprint density at radius 3 is 1.93 bits per heavy atom. The number of benzene rings is 2. The Bertz CT molecular complexity index is 1390. The summed E-state index contributed by atoms with van der Waals surface area (Å²) in [4.78, 5) is 28.2. The number of rotatable bonds is 10. The standard InChI is InChI=1S/C32H41Cl2N3O4S/c1-20(2)35-31(39)21(3)36(18-27-28(33)6-5-7-29(27)34)30(38)19-37(42(4,40)41)26-10-8-25(9-11-26)32-15-22-12-23(16-32)14-24(13-22)17-32/h5-11,20-24H,12-19H2,1-4H3,(H,35,39). The van der Waals surface area contributed by atoms with Gasteiger partial charge in [0.15, 0.2) is 0 Å². The van der Waals surface area contributed by atoms with Crippen molar-refractivity contribution in [2.24, 2.45) is 17.8 Å². The first-order valence-electron chi connectivity index (χ1n) is 14.9. The van der Waals surface area contributed by atoms with Crippen molar-refractivity contribution in [3.05, 3.63) is 63.6 Å². The van der Waals surface area contributed by atoms with Crippen molar-refractivity contribution in [3.63, 3.8) is 0 Å². The average molecular weight is 635 g/mol. The van der Waals surface area contributed by atoms with Gasteiger partial charge in [-0.3, -0.25) is 13.9 Å². The Hall–Kier alpha value is -2.29. The Morgan fingerprint density at radius 1 is 0.929 bits per heavy atom. The number of carbonyl (C=O) groups is 2. The molecular weight excluding hydrogens is 593 g/mol. The van der Waals surface area contributed by atoms with Crippen molar-refractivity contribution in [3.8, 4) is 0 Å². The summed E-state index contributed by atoms with van der Waals surface area (Å²) in [7, 11) is -3.83. The van der Waals surface area contributed by atoms with Crippen molar-refractivity contribution in [2.75, 3.05) is 17.1 Å². The van der Waals surface area contributed by atoms with Gasteiger partial charge in [0.25, 0.3) is 0 Å². The van der Waals surface area contributed by atoms with E-state index in [0.29, 0.717) is 21.3 Å². The maximum Gasteiger partial charge on any atom is 0.244 e. The quantitative estimate of drug-likeness (QED) is 0.339. The summed E-state index contributed by atoms with van der Waals surface area (Å²) in [6.45, 7) is 4.77. The topological polar surface area (TPSA) is 86.8 Å². The van der Waals surface area contributed by atoms with Gasteiger partial charge in [0.05, 0.1) is 11.9 Å². The summed E-state index contributed by atoms with van der Waals surface area (Å²) in [5, 5.41) is 3.55. The molecule has 1 atom stereocenters. The Balaban J connectivity index is 1.41. The van der Waals surface area contributed by atoms with Gasteiger partial charge < -0.3 is 10.2 Å². The zero-order valence-corrected chi connectivity index (χ0v) is 27.1. The van der Waals surface area contributed by atoms with E-state index in [1.807, 2.05) is 26.0 Å². The lowest BCUT2D eigenvalue weighted by atomic mass is 9.48. The molecule has 2 aromatic carbocycles. The number of carbonyl (C=O) groups excluding carboxylic acids is 2. The smallest absolute Gasteiger partial charge is 0.244 e. The molecule has 0 saturated heterocycles. The van der Waals surface area contributed by atoms with Crippen molar-refractivity contribution in [1.82, 2.24) is 10.2 Å². The number of amides is 2. The predicted octanol–water partition coefficient (Wildman–Crippen LogP) is 6.17. The van der Waals surface area contributed by atoms with Crippen molar-refractivity contribution < 1.29 is 18.0 Å². The molecule has 2 amide bonds. The third-order valence-corrected chi connectivity index (χ3v) is 11.3. The van der Waals surface area contributed by atoms with E-state index in [0.717, 1.165) is 28.3 Å². The lowest BCUT2D eigenvalue weighted by Gasteiger charge is -2.57. The minimum atomic E-state index is -3.83. The van der Waals surface area contributed by atoms with E-state index in [-0.39, 0.29) is 23.9 Å². The monoisotopic (exact) mass is 633 g/mol. The van der Waals surface area contributed by atoms with Gasteiger partial charge in [0, 0.05) is 28.2 Å². The maximum atomic E-state index is 13.9. The summed E-state index contributed by atoms with van der Waals surface area (Å²) in [6, 6.07) is 11.8. The van der Waals surface area contributed by atoms with Crippen LogP contribution in [0.1, 0.15) is 70.4 Å². The van der Waals surface area contributed by atoms with Crippen LogP contribution in [0, 0.1) is 17.8 Å². The molecule has 10 heteroatoms. The van der Waals surface area contributed by atoms with Crippen LogP contribution in [0.5, 0.6) is 0 Å². The van der Waals surface area contributed by atoms with E-state index >= 15 is 0 Å². The molecule has 0 heterocycles. The third-order valence-electron chi connectivity index (χ3n) is 9.47. The van der Waals surface area contributed by atoms with Gasteiger partial charge in [0.1, 0.15) is 12.6 Å². The van der Waals surface area contributed by atoms with Crippen LogP contribution in [-0.4, -0.2) is 50.0 Å². The Morgan fingerprint density at radius 2 is 1.45 bits per heavy atom. The first-order valence-corrected chi connectivity index (χ1v) is 17.5. The van der Waals surface area contributed by atoms with Crippen molar-refractivity contribution in [2.45, 2.75) is 83.3 Å². The fourth-order valence-corrected chi connectivity index (χ4v) is 9.27. The number of nitrogens with zero attached hydrogens (tertiary/aromatic N) is 2. The van der Waals surface area contributed by atoms with Crippen LogP contribution in [-0.2, 0) is 31.6 Å². The molecule has 4 saturated carbocycles. The van der Waals surface area contributed by atoms with E-state index in [4.69, 9.17) is 23.2 Å². The van der Waals surface area contributed by atoms with E-state index in [9.17, 15) is 18.0 Å². The van der Waals surface area contributed by atoms with Gasteiger partial charge in [0.2, 0.25) is 21.8 Å². The molecule has 7 nitrogen and oxygen atoms in total. The fraction of sp³-hybridized carbons (Fsp3) is 0.562. The van der Waals surface area contributed by atoms with Crippen LogP contribution in [0.15, 0.2) is 42.5 Å². The minimum absolute atomic E-state index is 0.0490. The highest BCUT2D eigenvalue weighted by Crippen LogP contribution is 2.60. The second-order valence-electron chi connectivity index (χ2n) is 13.1. The normalized spacial score (nSPS) is 25.4. The summed E-state index contributed by atoms with van der Waals surface area (Å²) in [5.41, 5.74) is 2.38. The molecule has 228 valence electrons. The molecule has 4 aliphatic rings. The molecule has 0 radical (unpaired) electrons.